The third-order valence-corrected chi connectivity index (χ3v) is 5.29. The van der Waals surface area contributed by atoms with Gasteiger partial charge in [0.05, 0.1) is 12.7 Å². The Labute approximate surface area is 212 Å². The number of esters is 5. The van der Waals surface area contributed by atoms with Gasteiger partial charge in [-0.15, -0.1) is 0 Å². The van der Waals surface area contributed by atoms with Gasteiger partial charge in [-0.2, -0.15) is 0 Å². The van der Waals surface area contributed by atoms with Gasteiger partial charge in [-0.25, -0.2) is 9.59 Å². The van der Waals surface area contributed by atoms with Crippen molar-refractivity contribution in [2.75, 3.05) is 7.11 Å². The lowest BCUT2D eigenvalue weighted by atomic mass is 9.97. The van der Waals surface area contributed by atoms with E-state index < -0.39 is 60.6 Å². The van der Waals surface area contributed by atoms with Crippen LogP contribution in [0.25, 0.3) is 11.1 Å². The van der Waals surface area contributed by atoms with Crippen molar-refractivity contribution in [2.24, 2.45) is 0 Å². The molecule has 0 aliphatic carbocycles. The van der Waals surface area contributed by atoms with E-state index in [1.54, 1.807) is 12.1 Å². The van der Waals surface area contributed by atoms with Crippen LogP contribution < -0.4 is 0 Å². The third kappa shape index (κ3) is 6.91. The van der Waals surface area contributed by atoms with Gasteiger partial charge in [0.1, 0.15) is 0 Å². The van der Waals surface area contributed by atoms with Crippen molar-refractivity contribution < 1.29 is 52.4 Å². The molecule has 37 heavy (non-hydrogen) atoms. The first-order chi connectivity index (χ1) is 17.6. The zero-order chi connectivity index (χ0) is 27.1. The van der Waals surface area contributed by atoms with Crippen LogP contribution in [0, 0.1) is 0 Å². The van der Waals surface area contributed by atoms with Gasteiger partial charge in [0.15, 0.2) is 18.3 Å². The van der Waals surface area contributed by atoms with Crippen LogP contribution in [0.3, 0.4) is 0 Å². The Morgan fingerprint density at radius 1 is 0.649 bits per heavy atom. The largest absolute Gasteiger partial charge is 0.467 e. The summed E-state index contributed by atoms with van der Waals surface area (Å²) in [4.78, 5) is 60.9. The highest BCUT2D eigenvalue weighted by Gasteiger charge is 2.56. The summed E-state index contributed by atoms with van der Waals surface area (Å²) < 4.78 is 31.4. The van der Waals surface area contributed by atoms with Crippen LogP contribution >= 0.6 is 0 Å². The molecule has 0 bridgehead atoms. The quantitative estimate of drug-likeness (QED) is 0.397. The van der Waals surface area contributed by atoms with Crippen molar-refractivity contribution in [1.29, 1.82) is 0 Å². The molecule has 0 saturated carbocycles. The van der Waals surface area contributed by atoms with Gasteiger partial charge in [0.25, 0.3) is 0 Å². The average Bonchev–Trinajstić information content (AvgIpc) is 2.86. The number of methoxy groups -OCH3 is 1. The molecule has 1 aliphatic heterocycles. The van der Waals surface area contributed by atoms with E-state index in [9.17, 15) is 24.0 Å². The fraction of sp³-hybridized carbons (Fsp3) is 0.346. The van der Waals surface area contributed by atoms with E-state index >= 15 is 0 Å². The van der Waals surface area contributed by atoms with E-state index in [4.69, 9.17) is 28.4 Å². The summed E-state index contributed by atoms with van der Waals surface area (Å²) in [5.41, 5.74) is 1.92. The highest BCUT2D eigenvalue weighted by molar-refractivity contribution is 5.90. The second-order valence-electron chi connectivity index (χ2n) is 8.02. The predicted molar refractivity (Wildman–Crippen MR) is 125 cm³/mol. The average molecular weight is 514 g/mol. The Balaban J connectivity index is 1.92. The molecule has 5 atom stereocenters. The fourth-order valence-corrected chi connectivity index (χ4v) is 3.78. The highest BCUT2D eigenvalue weighted by atomic mass is 16.7. The third-order valence-electron chi connectivity index (χ3n) is 5.29. The summed E-state index contributed by atoms with van der Waals surface area (Å²) in [5.74, 6) is -4.39. The van der Waals surface area contributed by atoms with Gasteiger partial charge in [-0.05, 0) is 23.3 Å². The molecule has 0 aromatic heterocycles. The Morgan fingerprint density at radius 3 is 1.70 bits per heavy atom. The molecule has 1 saturated heterocycles. The maximum absolute atomic E-state index is 13.0. The van der Waals surface area contributed by atoms with Crippen molar-refractivity contribution in [3.8, 4) is 11.1 Å². The van der Waals surface area contributed by atoms with Crippen LogP contribution in [0.1, 0.15) is 31.1 Å². The topological polar surface area (TPSA) is 141 Å². The smallest absolute Gasteiger partial charge is 0.340 e. The fourth-order valence-electron chi connectivity index (χ4n) is 3.78. The van der Waals surface area contributed by atoms with E-state index in [1.165, 1.54) is 12.1 Å². The number of carbonyl (C=O) groups is 5. The van der Waals surface area contributed by atoms with E-state index in [2.05, 4.69) is 0 Å². The first-order valence-electron chi connectivity index (χ1n) is 11.2. The maximum Gasteiger partial charge on any atom is 0.340 e. The molecule has 0 N–H and O–H groups in total. The number of hydrogen-bond acceptors (Lipinski definition) is 11. The van der Waals surface area contributed by atoms with Gasteiger partial charge >= 0.3 is 29.8 Å². The first-order valence-corrected chi connectivity index (χ1v) is 11.2. The number of rotatable bonds is 7. The van der Waals surface area contributed by atoms with Gasteiger partial charge in [0, 0.05) is 20.8 Å². The lowest BCUT2D eigenvalue weighted by Gasteiger charge is -2.42. The van der Waals surface area contributed by atoms with Crippen LogP contribution in [0.5, 0.6) is 0 Å². The molecule has 3 rings (SSSR count). The molecular weight excluding hydrogens is 488 g/mol. The lowest BCUT2D eigenvalue weighted by molar-refractivity contribution is -0.288. The minimum absolute atomic E-state index is 0.130. The van der Waals surface area contributed by atoms with E-state index in [-0.39, 0.29) is 5.56 Å². The second-order valence-corrected chi connectivity index (χ2v) is 8.02. The molecule has 196 valence electrons. The summed E-state index contributed by atoms with van der Waals surface area (Å²) in [7, 11) is 1.06. The molecule has 0 radical (unpaired) electrons. The summed E-state index contributed by atoms with van der Waals surface area (Å²) in [6.07, 6.45) is -8.06. The second kappa shape index (κ2) is 12.1. The van der Waals surface area contributed by atoms with Gasteiger partial charge in [0.2, 0.25) is 12.4 Å². The number of benzene rings is 2. The molecule has 11 heteroatoms. The molecule has 0 unspecified atom stereocenters. The number of hydrogen-bond donors (Lipinski definition) is 0. The Morgan fingerprint density at radius 2 is 1.16 bits per heavy atom. The van der Waals surface area contributed by atoms with Crippen molar-refractivity contribution in [2.45, 2.75) is 51.5 Å². The van der Waals surface area contributed by atoms with Gasteiger partial charge < -0.3 is 28.4 Å². The molecule has 0 spiro atoms. The predicted octanol–water partition coefficient (Wildman–Crippen LogP) is 2.20. The van der Waals surface area contributed by atoms with Crippen molar-refractivity contribution in [3.05, 3.63) is 60.2 Å². The zero-order valence-electron chi connectivity index (χ0n) is 20.6. The Bertz CT molecular complexity index is 1140. The monoisotopic (exact) mass is 514 g/mol. The summed E-state index contributed by atoms with van der Waals surface area (Å²) in [6, 6.07) is 16.0. The van der Waals surface area contributed by atoms with Crippen LogP contribution in [0.2, 0.25) is 0 Å². The Kier molecular flexibility index (Phi) is 8.96. The molecule has 0 amide bonds. The minimum Gasteiger partial charge on any atom is -0.467 e. The standard InChI is InChI=1S/C26H26O11/c1-14(27)33-20-21(34-15(2)28)23(35-16(3)29)26(36-22(20)25(31)32-4)37-24(30)19-12-10-18(11-13-19)17-8-6-5-7-9-17/h5-13,20-23,26H,1-4H3/t20-,21-,22-,23+,26-/m0/s1. The first kappa shape index (κ1) is 27.3. The Hall–Kier alpha value is -4.25. The number of ether oxygens (including phenoxy) is 6. The minimum atomic E-state index is -1.72. The van der Waals surface area contributed by atoms with Crippen LogP contribution in [0.4, 0.5) is 0 Å². The highest BCUT2D eigenvalue weighted by Crippen LogP contribution is 2.31. The molecule has 11 nitrogen and oxygen atoms in total. The SMILES string of the molecule is COC(=O)[C@H]1O[C@@H](OC(=O)c2ccc(-c3ccccc3)cc2)[C@H](OC(C)=O)[C@@H](OC(C)=O)[C@@H]1OC(C)=O. The lowest BCUT2D eigenvalue weighted by Crippen LogP contribution is -2.64. The van der Waals surface area contributed by atoms with Crippen LogP contribution in [0.15, 0.2) is 54.6 Å². The zero-order valence-corrected chi connectivity index (χ0v) is 20.6. The van der Waals surface area contributed by atoms with Crippen molar-refractivity contribution in [1.82, 2.24) is 0 Å². The van der Waals surface area contributed by atoms with E-state index in [0.717, 1.165) is 39.0 Å². The van der Waals surface area contributed by atoms with E-state index in [1.807, 2.05) is 30.3 Å². The normalized spacial score (nSPS) is 22.8. The van der Waals surface area contributed by atoms with Crippen LogP contribution in [-0.4, -0.2) is 67.7 Å². The van der Waals surface area contributed by atoms with Crippen molar-refractivity contribution in [3.63, 3.8) is 0 Å². The van der Waals surface area contributed by atoms with Gasteiger partial charge in [-0.3, -0.25) is 14.4 Å². The van der Waals surface area contributed by atoms with E-state index in [0.29, 0.717) is 0 Å². The summed E-state index contributed by atoms with van der Waals surface area (Å²) in [6.45, 7) is 3.19. The maximum atomic E-state index is 13.0. The molecule has 2 aromatic rings. The van der Waals surface area contributed by atoms with Crippen molar-refractivity contribution >= 4 is 29.8 Å². The summed E-state index contributed by atoms with van der Waals surface area (Å²) in [5, 5.41) is 0. The summed E-state index contributed by atoms with van der Waals surface area (Å²) >= 11 is 0. The van der Waals surface area contributed by atoms with Crippen LogP contribution in [-0.2, 0) is 47.6 Å². The molecular formula is C26H26O11. The molecule has 2 aromatic carbocycles. The molecule has 1 aliphatic rings. The number of carbonyl (C=O) groups excluding carboxylic acids is 5. The molecule has 1 fully saturated rings. The van der Waals surface area contributed by atoms with Gasteiger partial charge in [-0.1, -0.05) is 42.5 Å². The molecule has 1 heterocycles.